The molecule has 1 aliphatic rings. The zero-order chi connectivity index (χ0) is 24.4. The van der Waals surface area contributed by atoms with Crippen LogP contribution in [0.2, 0.25) is 0 Å². The third-order valence-electron chi connectivity index (χ3n) is 6.40. The maximum absolute atomic E-state index is 13.4. The van der Waals surface area contributed by atoms with Crippen molar-refractivity contribution in [2.45, 2.75) is 19.3 Å². The van der Waals surface area contributed by atoms with Crippen LogP contribution >= 0.6 is 0 Å². The number of hydrogen-bond acceptors (Lipinski definition) is 3. The summed E-state index contributed by atoms with van der Waals surface area (Å²) < 4.78 is 42.3. The predicted molar refractivity (Wildman–Crippen MR) is 128 cm³/mol. The second kappa shape index (κ2) is 9.54. The number of para-hydroxylation sites is 2. The van der Waals surface area contributed by atoms with Crippen LogP contribution < -0.4 is 0 Å². The van der Waals surface area contributed by atoms with Gasteiger partial charge in [0.05, 0.1) is 28.7 Å². The molecular weight excluding hydrogens is 453 g/mol. The minimum Gasteiger partial charge on any atom is -0.336 e. The molecule has 0 aliphatic carbocycles. The molecule has 0 saturated carbocycles. The zero-order valence-corrected chi connectivity index (χ0v) is 19.1. The number of rotatable bonds is 5. The number of halogens is 3. The number of carbonyl (C=O) groups is 1. The van der Waals surface area contributed by atoms with Crippen LogP contribution in [-0.2, 0) is 19.3 Å². The number of nitrogens with zero attached hydrogens (tertiary/aromatic N) is 4. The first-order valence-corrected chi connectivity index (χ1v) is 11.6. The van der Waals surface area contributed by atoms with E-state index in [0.29, 0.717) is 39.3 Å². The van der Waals surface area contributed by atoms with E-state index in [4.69, 9.17) is 4.98 Å². The Bertz CT molecular complexity index is 1330. The normalized spacial score (nSPS) is 15.0. The molecule has 0 atom stereocenters. The van der Waals surface area contributed by atoms with Crippen molar-refractivity contribution in [3.05, 3.63) is 101 Å². The third kappa shape index (κ3) is 4.93. The van der Waals surface area contributed by atoms with Crippen LogP contribution in [0.15, 0.2) is 78.9 Å². The topological polar surface area (TPSA) is 41.4 Å². The number of fused-ring (bicyclic) bond motifs is 1. The predicted octanol–water partition coefficient (Wildman–Crippen LogP) is 5.06. The summed E-state index contributed by atoms with van der Waals surface area (Å²) in [5.41, 5.74) is 1.98. The number of hydrogen-bond donors (Lipinski definition) is 0. The summed E-state index contributed by atoms with van der Waals surface area (Å²) in [5, 5.41) is 0. The standard InChI is InChI=1S/C27H25F3N4O/c28-27(29,30)22-11-5-4-10-21(22)26(35)33-16-14-32(15-17-33)19-25-31-23-12-6-7-13-24(23)34(25)18-20-8-2-1-3-9-20/h1-13H,14-19H2. The van der Waals surface area contributed by atoms with Crippen LogP contribution in [-0.4, -0.2) is 51.4 Å². The van der Waals surface area contributed by atoms with Crippen molar-refractivity contribution in [2.24, 2.45) is 0 Å². The highest BCUT2D eigenvalue weighted by atomic mass is 19.4. The van der Waals surface area contributed by atoms with Crippen LogP contribution in [0.5, 0.6) is 0 Å². The molecule has 1 aliphatic heterocycles. The highest BCUT2D eigenvalue weighted by molar-refractivity contribution is 5.96. The van der Waals surface area contributed by atoms with E-state index in [1.165, 1.54) is 28.7 Å². The number of imidazole rings is 1. The van der Waals surface area contributed by atoms with Crippen molar-refractivity contribution >= 4 is 16.9 Å². The minimum atomic E-state index is -4.56. The van der Waals surface area contributed by atoms with Gasteiger partial charge in [0, 0.05) is 32.7 Å². The van der Waals surface area contributed by atoms with Crippen LogP contribution in [0.4, 0.5) is 13.2 Å². The Hall–Kier alpha value is -3.65. The molecule has 8 heteroatoms. The molecule has 0 radical (unpaired) electrons. The Morgan fingerprint density at radius 3 is 2.20 bits per heavy atom. The lowest BCUT2D eigenvalue weighted by Crippen LogP contribution is -2.48. The molecular formula is C27H25F3N4O. The fourth-order valence-electron chi connectivity index (χ4n) is 4.58. The first-order valence-electron chi connectivity index (χ1n) is 11.6. The SMILES string of the molecule is O=C(c1ccccc1C(F)(F)F)N1CCN(Cc2nc3ccccc3n2Cc2ccccc2)CC1. The average Bonchev–Trinajstić information content (AvgIpc) is 3.21. The van der Waals surface area contributed by atoms with Gasteiger partial charge in [-0.15, -0.1) is 0 Å². The van der Waals surface area contributed by atoms with Crippen molar-refractivity contribution in [3.8, 4) is 0 Å². The zero-order valence-electron chi connectivity index (χ0n) is 19.1. The fraction of sp³-hybridized carbons (Fsp3) is 0.259. The van der Waals surface area contributed by atoms with Gasteiger partial charge in [-0.05, 0) is 29.8 Å². The van der Waals surface area contributed by atoms with E-state index < -0.39 is 17.6 Å². The quantitative estimate of drug-likeness (QED) is 0.403. The maximum Gasteiger partial charge on any atom is 0.417 e. The van der Waals surface area contributed by atoms with Gasteiger partial charge in [0.1, 0.15) is 5.82 Å². The molecule has 0 spiro atoms. The highest BCUT2D eigenvalue weighted by Crippen LogP contribution is 2.32. The van der Waals surface area contributed by atoms with E-state index in [9.17, 15) is 18.0 Å². The summed E-state index contributed by atoms with van der Waals surface area (Å²) in [5.74, 6) is 0.353. The summed E-state index contributed by atoms with van der Waals surface area (Å²) in [6.45, 7) is 3.16. The molecule has 5 rings (SSSR count). The van der Waals surface area contributed by atoms with E-state index >= 15 is 0 Å². The van der Waals surface area contributed by atoms with Gasteiger partial charge in [-0.3, -0.25) is 9.69 Å². The van der Waals surface area contributed by atoms with Crippen molar-refractivity contribution in [2.75, 3.05) is 26.2 Å². The van der Waals surface area contributed by atoms with E-state index in [1.54, 1.807) is 0 Å². The van der Waals surface area contributed by atoms with E-state index in [2.05, 4.69) is 27.7 Å². The smallest absolute Gasteiger partial charge is 0.336 e. The van der Waals surface area contributed by atoms with Gasteiger partial charge < -0.3 is 9.47 Å². The van der Waals surface area contributed by atoms with Gasteiger partial charge in [-0.2, -0.15) is 13.2 Å². The molecule has 4 aromatic rings. The highest BCUT2D eigenvalue weighted by Gasteiger charge is 2.36. The van der Waals surface area contributed by atoms with Crippen molar-refractivity contribution < 1.29 is 18.0 Å². The number of piperazine rings is 1. The molecule has 0 N–H and O–H groups in total. The van der Waals surface area contributed by atoms with E-state index in [-0.39, 0.29) is 5.56 Å². The molecule has 35 heavy (non-hydrogen) atoms. The van der Waals surface area contributed by atoms with Gasteiger partial charge in [0.2, 0.25) is 0 Å². The van der Waals surface area contributed by atoms with Gasteiger partial charge in [-0.25, -0.2) is 4.98 Å². The summed E-state index contributed by atoms with van der Waals surface area (Å²) in [6.07, 6.45) is -4.56. The summed E-state index contributed by atoms with van der Waals surface area (Å²) in [4.78, 5) is 21.5. The van der Waals surface area contributed by atoms with Gasteiger partial charge in [-0.1, -0.05) is 54.6 Å². The molecule has 5 nitrogen and oxygen atoms in total. The van der Waals surface area contributed by atoms with Crippen molar-refractivity contribution in [1.82, 2.24) is 19.4 Å². The molecule has 1 saturated heterocycles. The monoisotopic (exact) mass is 478 g/mol. The third-order valence-corrected chi connectivity index (χ3v) is 6.40. The Kier molecular flexibility index (Phi) is 6.30. The second-order valence-corrected chi connectivity index (χ2v) is 8.70. The van der Waals surface area contributed by atoms with Crippen LogP contribution in [0.3, 0.4) is 0 Å². The largest absolute Gasteiger partial charge is 0.417 e. The van der Waals surface area contributed by atoms with Gasteiger partial charge >= 0.3 is 6.18 Å². The fourth-order valence-corrected chi connectivity index (χ4v) is 4.58. The molecule has 3 aromatic carbocycles. The van der Waals surface area contributed by atoms with E-state index in [0.717, 1.165) is 22.9 Å². The number of alkyl halides is 3. The Morgan fingerprint density at radius 1 is 0.800 bits per heavy atom. The van der Waals surface area contributed by atoms with Gasteiger partial charge in [0.25, 0.3) is 5.91 Å². The van der Waals surface area contributed by atoms with Crippen molar-refractivity contribution in [1.29, 1.82) is 0 Å². The number of carbonyl (C=O) groups excluding carboxylic acids is 1. The summed E-state index contributed by atoms with van der Waals surface area (Å²) in [7, 11) is 0. The first-order chi connectivity index (χ1) is 16.9. The summed E-state index contributed by atoms with van der Waals surface area (Å²) >= 11 is 0. The maximum atomic E-state index is 13.4. The Labute approximate surface area is 201 Å². The molecule has 0 unspecified atom stereocenters. The molecule has 1 fully saturated rings. The second-order valence-electron chi connectivity index (χ2n) is 8.70. The molecule has 1 amide bonds. The number of amides is 1. The minimum absolute atomic E-state index is 0.293. The van der Waals surface area contributed by atoms with Gasteiger partial charge in [0.15, 0.2) is 0 Å². The molecule has 1 aromatic heterocycles. The van der Waals surface area contributed by atoms with Crippen LogP contribution in [0, 0.1) is 0 Å². The lowest BCUT2D eigenvalue weighted by atomic mass is 10.1. The number of benzene rings is 3. The molecule has 180 valence electrons. The lowest BCUT2D eigenvalue weighted by molar-refractivity contribution is -0.138. The Morgan fingerprint density at radius 2 is 1.46 bits per heavy atom. The molecule has 2 heterocycles. The number of aromatic nitrogens is 2. The van der Waals surface area contributed by atoms with Crippen LogP contribution in [0.25, 0.3) is 11.0 Å². The Balaban J connectivity index is 1.31. The first kappa shape index (κ1) is 23.1. The lowest BCUT2D eigenvalue weighted by Gasteiger charge is -2.35. The average molecular weight is 479 g/mol. The van der Waals surface area contributed by atoms with Crippen LogP contribution in [0.1, 0.15) is 27.3 Å². The summed E-state index contributed by atoms with van der Waals surface area (Å²) in [6, 6.07) is 23.2. The molecule has 0 bridgehead atoms. The van der Waals surface area contributed by atoms with E-state index in [1.807, 2.05) is 36.4 Å². The van der Waals surface area contributed by atoms with Crippen molar-refractivity contribution in [3.63, 3.8) is 0 Å².